The number of benzene rings is 1. The highest BCUT2D eigenvalue weighted by molar-refractivity contribution is 6.01. The number of rotatable bonds is 5. The molecular formula is C14H18N2O3. The first-order valence-electron chi connectivity index (χ1n) is 6.46. The number of carboxylic acid groups (broad SMARTS) is 1. The zero-order chi connectivity index (χ0) is 13.7. The number of amides is 1. The van der Waals surface area contributed by atoms with Crippen molar-refractivity contribution >= 4 is 17.6 Å². The lowest BCUT2D eigenvalue weighted by Crippen LogP contribution is -2.18. The number of carbonyl (C=O) groups excluding carboxylic acids is 1. The van der Waals surface area contributed by atoms with Crippen molar-refractivity contribution in [3.05, 3.63) is 29.8 Å². The van der Waals surface area contributed by atoms with Gasteiger partial charge >= 0.3 is 5.97 Å². The fourth-order valence-electron chi connectivity index (χ4n) is 2.23. The predicted octanol–water partition coefficient (Wildman–Crippen LogP) is 1.70. The van der Waals surface area contributed by atoms with Crippen LogP contribution in [0.5, 0.6) is 0 Å². The Kier molecular flexibility index (Phi) is 4.52. The Bertz CT molecular complexity index is 450. The smallest absolute Gasteiger partial charge is 0.312 e. The highest BCUT2D eigenvalue weighted by Crippen LogP contribution is 2.15. The molecule has 1 heterocycles. The van der Waals surface area contributed by atoms with Crippen LogP contribution in [0, 0.1) is 0 Å². The topological polar surface area (TPSA) is 69.6 Å². The maximum Gasteiger partial charge on any atom is 0.312 e. The maximum atomic E-state index is 11.3. The summed E-state index contributed by atoms with van der Waals surface area (Å²) in [7, 11) is 0. The highest BCUT2D eigenvalue weighted by atomic mass is 16.4. The van der Waals surface area contributed by atoms with Gasteiger partial charge in [-0.3, -0.25) is 14.5 Å². The van der Waals surface area contributed by atoms with Crippen LogP contribution in [0.1, 0.15) is 24.8 Å². The van der Waals surface area contributed by atoms with Crippen molar-refractivity contribution in [1.82, 2.24) is 4.90 Å². The summed E-state index contributed by atoms with van der Waals surface area (Å²) in [6.45, 7) is 3.23. The van der Waals surface area contributed by atoms with Crippen LogP contribution in [0.15, 0.2) is 24.3 Å². The molecule has 1 aromatic rings. The molecule has 102 valence electrons. The second-order valence-corrected chi connectivity index (χ2v) is 4.80. The summed E-state index contributed by atoms with van der Waals surface area (Å²) in [5, 5.41) is 11.1. The van der Waals surface area contributed by atoms with Gasteiger partial charge in [0.1, 0.15) is 6.42 Å². The molecule has 1 saturated heterocycles. The van der Waals surface area contributed by atoms with Crippen LogP contribution in [0.3, 0.4) is 0 Å². The Hall–Kier alpha value is -1.88. The molecule has 2 rings (SSSR count). The quantitative estimate of drug-likeness (QED) is 0.792. The van der Waals surface area contributed by atoms with Crippen LogP contribution in [0.25, 0.3) is 0 Å². The largest absolute Gasteiger partial charge is 0.481 e. The van der Waals surface area contributed by atoms with E-state index >= 15 is 0 Å². The number of hydrogen-bond acceptors (Lipinski definition) is 3. The summed E-state index contributed by atoms with van der Waals surface area (Å²) in [6, 6.07) is 7.56. The van der Waals surface area contributed by atoms with Crippen LogP contribution in [0.4, 0.5) is 5.69 Å². The van der Waals surface area contributed by atoms with Gasteiger partial charge in [0.05, 0.1) is 0 Å². The fraction of sp³-hybridized carbons (Fsp3) is 0.429. The number of aliphatic carboxylic acids is 1. The van der Waals surface area contributed by atoms with Crippen molar-refractivity contribution in [1.29, 1.82) is 0 Å². The van der Waals surface area contributed by atoms with Crippen molar-refractivity contribution in [2.45, 2.75) is 25.8 Å². The SMILES string of the molecule is O=C(O)CC(=O)Nc1ccc(CN2CCCC2)cc1. The number of carboxylic acids is 1. The molecule has 0 aromatic heterocycles. The first-order valence-corrected chi connectivity index (χ1v) is 6.46. The second-order valence-electron chi connectivity index (χ2n) is 4.80. The van der Waals surface area contributed by atoms with E-state index in [4.69, 9.17) is 5.11 Å². The third kappa shape index (κ3) is 4.37. The lowest BCUT2D eigenvalue weighted by atomic mass is 10.2. The maximum absolute atomic E-state index is 11.3. The molecule has 0 bridgehead atoms. The third-order valence-corrected chi connectivity index (χ3v) is 3.15. The zero-order valence-electron chi connectivity index (χ0n) is 10.8. The standard InChI is InChI=1S/C14H18N2O3/c17-13(9-14(18)19)15-12-5-3-11(4-6-12)10-16-7-1-2-8-16/h3-6H,1-2,7-10H2,(H,15,17)(H,18,19). The van der Waals surface area contributed by atoms with Crippen LogP contribution in [-0.4, -0.2) is 35.0 Å². The van der Waals surface area contributed by atoms with Gasteiger partial charge < -0.3 is 10.4 Å². The average Bonchev–Trinajstić information content (AvgIpc) is 2.83. The van der Waals surface area contributed by atoms with Gasteiger partial charge in [-0.2, -0.15) is 0 Å². The number of hydrogen-bond donors (Lipinski definition) is 2. The van der Waals surface area contributed by atoms with E-state index in [0.717, 1.165) is 19.6 Å². The molecule has 0 saturated carbocycles. The van der Waals surface area contributed by atoms with Crippen LogP contribution in [-0.2, 0) is 16.1 Å². The first kappa shape index (κ1) is 13.5. The Morgan fingerprint density at radius 3 is 2.37 bits per heavy atom. The van der Waals surface area contributed by atoms with E-state index in [2.05, 4.69) is 10.2 Å². The van der Waals surface area contributed by atoms with E-state index in [1.807, 2.05) is 24.3 Å². The number of anilines is 1. The lowest BCUT2D eigenvalue weighted by Gasteiger charge is -2.14. The molecule has 1 aliphatic heterocycles. The van der Waals surface area contributed by atoms with E-state index in [1.54, 1.807) is 0 Å². The fourth-order valence-corrected chi connectivity index (χ4v) is 2.23. The van der Waals surface area contributed by atoms with E-state index in [0.29, 0.717) is 5.69 Å². The second kappa shape index (κ2) is 6.33. The van der Waals surface area contributed by atoms with Gasteiger partial charge in [0, 0.05) is 12.2 Å². The van der Waals surface area contributed by atoms with Gasteiger partial charge in [-0.15, -0.1) is 0 Å². The molecule has 0 aliphatic carbocycles. The summed E-state index contributed by atoms with van der Waals surface area (Å²) >= 11 is 0. The van der Waals surface area contributed by atoms with Crippen molar-refractivity contribution < 1.29 is 14.7 Å². The van der Waals surface area contributed by atoms with E-state index < -0.39 is 18.3 Å². The van der Waals surface area contributed by atoms with Crippen LogP contribution in [0.2, 0.25) is 0 Å². The molecule has 0 unspecified atom stereocenters. The van der Waals surface area contributed by atoms with E-state index in [9.17, 15) is 9.59 Å². The van der Waals surface area contributed by atoms with Crippen molar-refractivity contribution in [3.63, 3.8) is 0 Å². The monoisotopic (exact) mass is 262 g/mol. The average molecular weight is 262 g/mol. The Balaban J connectivity index is 1.87. The van der Waals surface area contributed by atoms with Crippen molar-refractivity contribution in [2.75, 3.05) is 18.4 Å². The summed E-state index contributed by atoms with van der Waals surface area (Å²) in [4.78, 5) is 24.1. The first-order chi connectivity index (χ1) is 9.13. The van der Waals surface area contributed by atoms with Gasteiger partial charge in [0.15, 0.2) is 0 Å². The molecule has 1 amide bonds. The number of likely N-dealkylation sites (tertiary alicyclic amines) is 1. The Labute approximate surface area is 112 Å². The summed E-state index contributed by atoms with van der Waals surface area (Å²) in [5.41, 5.74) is 1.84. The number of nitrogens with zero attached hydrogens (tertiary/aromatic N) is 1. The molecule has 0 atom stereocenters. The molecule has 2 N–H and O–H groups in total. The Morgan fingerprint density at radius 2 is 1.79 bits per heavy atom. The molecule has 1 aliphatic rings. The summed E-state index contributed by atoms with van der Waals surface area (Å²) in [6.07, 6.45) is 2.03. The van der Waals surface area contributed by atoms with Gasteiger partial charge in [-0.1, -0.05) is 12.1 Å². The van der Waals surface area contributed by atoms with Crippen molar-refractivity contribution in [3.8, 4) is 0 Å². The molecule has 19 heavy (non-hydrogen) atoms. The summed E-state index contributed by atoms with van der Waals surface area (Å²) < 4.78 is 0. The minimum absolute atomic E-state index is 0.500. The number of carbonyl (C=O) groups is 2. The molecule has 1 fully saturated rings. The van der Waals surface area contributed by atoms with Gasteiger partial charge in [0.2, 0.25) is 5.91 Å². The van der Waals surface area contributed by atoms with Gasteiger partial charge in [0.25, 0.3) is 0 Å². The molecular weight excluding hydrogens is 244 g/mol. The lowest BCUT2D eigenvalue weighted by molar-refractivity contribution is -0.139. The van der Waals surface area contributed by atoms with Crippen LogP contribution >= 0.6 is 0 Å². The third-order valence-electron chi connectivity index (χ3n) is 3.15. The molecule has 5 heteroatoms. The number of nitrogens with one attached hydrogen (secondary N) is 1. The minimum atomic E-state index is -1.12. The predicted molar refractivity (Wildman–Crippen MR) is 71.8 cm³/mol. The Morgan fingerprint density at radius 1 is 1.16 bits per heavy atom. The highest BCUT2D eigenvalue weighted by Gasteiger charge is 2.12. The van der Waals surface area contributed by atoms with E-state index in [1.165, 1.54) is 18.4 Å². The minimum Gasteiger partial charge on any atom is -0.481 e. The molecule has 5 nitrogen and oxygen atoms in total. The van der Waals surface area contributed by atoms with Crippen molar-refractivity contribution in [2.24, 2.45) is 0 Å². The molecule has 1 aromatic carbocycles. The van der Waals surface area contributed by atoms with Gasteiger partial charge in [-0.05, 0) is 43.6 Å². The summed E-state index contributed by atoms with van der Waals surface area (Å²) in [5.74, 6) is -1.62. The van der Waals surface area contributed by atoms with E-state index in [-0.39, 0.29) is 0 Å². The van der Waals surface area contributed by atoms with Crippen LogP contribution < -0.4 is 5.32 Å². The molecule has 0 spiro atoms. The van der Waals surface area contributed by atoms with Gasteiger partial charge in [-0.25, -0.2) is 0 Å². The normalized spacial score (nSPS) is 15.4. The zero-order valence-corrected chi connectivity index (χ0v) is 10.8. The molecule has 0 radical (unpaired) electrons.